The number of piperidine rings is 1. The summed E-state index contributed by atoms with van der Waals surface area (Å²) in [4.78, 5) is 30.3. The number of Topliss-reactive ketones (excluding diaryl/α,β-unsaturated/α-hetero) is 1. The first-order chi connectivity index (χ1) is 12.0. The Labute approximate surface area is 151 Å². The average Bonchev–Trinajstić information content (AvgIpc) is 2.62. The Bertz CT molecular complexity index is 814. The number of fused-ring (bicyclic) bond motifs is 1. The molecule has 0 radical (unpaired) electrons. The van der Waals surface area contributed by atoms with Crippen molar-refractivity contribution in [3.63, 3.8) is 0 Å². The summed E-state index contributed by atoms with van der Waals surface area (Å²) in [6.45, 7) is 3.10. The third-order valence-corrected chi connectivity index (χ3v) is 5.12. The first-order valence-corrected chi connectivity index (χ1v) is 8.79. The molecule has 2 aromatic rings. The summed E-state index contributed by atoms with van der Waals surface area (Å²) in [5.74, 6) is 0.124. The predicted molar refractivity (Wildman–Crippen MR) is 98.3 cm³/mol. The van der Waals surface area contributed by atoms with Crippen molar-refractivity contribution >= 4 is 39.9 Å². The van der Waals surface area contributed by atoms with E-state index in [0.29, 0.717) is 22.9 Å². The molecule has 5 nitrogen and oxygen atoms in total. The number of ketones is 1. The van der Waals surface area contributed by atoms with Crippen LogP contribution in [0.4, 0.5) is 5.69 Å². The van der Waals surface area contributed by atoms with E-state index in [-0.39, 0.29) is 11.8 Å². The molecule has 1 aliphatic rings. The van der Waals surface area contributed by atoms with E-state index in [1.165, 1.54) is 7.11 Å². The molecule has 3 rings (SSSR count). The number of pyridine rings is 1. The van der Waals surface area contributed by atoms with Crippen molar-refractivity contribution < 1.29 is 14.3 Å². The van der Waals surface area contributed by atoms with Gasteiger partial charge >= 0.3 is 5.97 Å². The largest absolute Gasteiger partial charge is 0.469 e. The maximum atomic E-state index is 12.2. The molecule has 0 amide bonds. The second-order valence-corrected chi connectivity index (χ2v) is 6.83. The van der Waals surface area contributed by atoms with Crippen LogP contribution in [0, 0.1) is 5.92 Å². The number of hydrogen-bond donors (Lipinski definition) is 0. The van der Waals surface area contributed by atoms with E-state index in [1.807, 2.05) is 12.1 Å². The van der Waals surface area contributed by atoms with Crippen LogP contribution in [-0.2, 0) is 9.53 Å². The molecular formula is C19H21ClN2O3. The lowest BCUT2D eigenvalue weighted by Gasteiger charge is -2.34. The van der Waals surface area contributed by atoms with Crippen molar-refractivity contribution in [2.24, 2.45) is 5.92 Å². The second-order valence-electron chi connectivity index (χ2n) is 6.42. The van der Waals surface area contributed by atoms with Gasteiger partial charge in [0.2, 0.25) is 0 Å². The number of methoxy groups -OCH3 is 1. The third-order valence-electron chi connectivity index (χ3n) is 4.81. The maximum Gasteiger partial charge on any atom is 0.305 e. The molecule has 1 saturated heterocycles. The van der Waals surface area contributed by atoms with Crippen LogP contribution >= 0.6 is 11.6 Å². The molecule has 1 aliphatic heterocycles. The lowest BCUT2D eigenvalue weighted by molar-refractivity contribution is -0.141. The van der Waals surface area contributed by atoms with E-state index in [4.69, 9.17) is 16.3 Å². The Hall–Kier alpha value is -2.14. The monoisotopic (exact) mass is 360 g/mol. The molecule has 2 heterocycles. The molecule has 6 heteroatoms. The number of benzene rings is 1. The number of carbonyl (C=O) groups excluding carboxylic acids is 2. The van der Waals surface area contributed by atoms with Crippen LogP contribution in [0.1, 0.15) is 36.5 Å². The summed E-state index contributed by atoms with van der Waals surface area (Å²) in [6, 6.07) is 5.50. The second kappa shape index (κ2) is 7.40. The molecular weight excluding hydrogens is 340 g/mol. The van der Waals surface area contributed by atoms with Gasteiger partial charge in [-0.25, -0.2) is 0 Å². The van der Waals surface area contributed by atoms with Gasteiger partial charge in [-0.1, -0.05) is 11.6 Å². The Morgan fingerprint density at radius 2 is 2.08 bits per heavy atom. The van der Waals surface area contributed by atoms with Crippen molar-refractivity contribution in [2.75, 3.05) is 25.1 Å². The zero-order valence-electron chi connectivity index (χ0n) is 14.4. The molecule has 1 aromatic carbocycles. The average molecular weight is 361 g/mol. The van der Waals surface area contributed by atoms with Gasteiger partial charge in [-0.05, 0) is 43.9 Å². The lowest BCUT2D eigenvalue weighted by Crippen LogP contribution is -2.35. The Morgan fingerprint density at radius 3 is 2.72 bits per heavy atom. The van der Waals surface area contributed by atoms with Crippen LogP contribution in [0.2, 0.25) is 5.02 Å². The molecule has 1 aromatic heterocycles. The molecule has 0 N–H and O–H groups in total. The highest BCUT2D eigenvalue weighted by Gasteiger charge is 2.26. The van der Waals surface area contributed by atoms with E-state index >= 15 is 0 Å². The van der Waals surface area contributed by atoms with Gasteiger partial charge in [-0.2, -0.15) is 0 Å². The van der Waals surface area contributed by atoms with E-state index in [0.717, 1.165) is 42.5 Å². The molecule has 25 heavy (non-hydrogen) atoms. The number of esters is 1. The Balaban J connectivity index is 1.93. The topological polar surface area (TPSA) is 59.5 Å². The minimum Gasteiger partial charge on any atom is -0.469 e. The predicted octanol–water partition coefficient (Wildman–Crippen LogP) is 3.87. The molecule has 0 spiro atoms. The molecule has 1 fully saturated rings. The summed E-state index contributed by atoms with van der Waals surface area (Å²) in [7, 11) is 1.42. The van der Waals surface area contributed by atoms with Gasteiger partial charge in [0.1, 0.15) is 0 Å². The third kappa shape index (κ3) is 3.61. The van der Waals surface area contributed by atoms with Gasteiger partial charge < -0.3 is 9.64 Å². The summed E-state index contributed by atoms with van der Waals surface area (Å²) >= 11 is 6.35. The zero-order valence-corrected chi connectivity index (χ0v) is 15.2. The SMILES string of the molecule is COC(=O)CC1CCN(c2c(C(C)=O)cc(Cl)c3cccnc23)CC1. The van der Waals surface area contributed by atoms with Gasteiger partial charge in [0, 0.05) is 36.7 Å². The molecule has 0 saturated carbocycles. The lowest BCUT2D eigenvalue weighted by atomic mass is 9.92. The van der Waals surface area contributed by atoms with Gasteiger partial charge in [-0.3, -0.25) is 14.6 Å². The molecule has 0 bridgehead atoms. The van der Waals surface area contributed by atoms with Crippen LogP contribution in [-0.4, -0.2) is 36.9 Å². The summed E-state index contributed by atoms with van der Waals surface area (Å²) < 4.78 is 4.76. The summed E-state index contributed by atoms with van der Waals surface area (Å²) in [5.41, 5.74) is 2.21. The van der Waals surface area contributed by atoms with Crippen molar-refractivity contribution in [3.05, 3.63) is 35.0 Å². The maximum absolute atomic E-state index is 12.2. The minimum absolute atomic E-state index is 0.0267. The van der Waals surface area contributed by atoms with E-state index in [1.54, 1.807) is 19.2 Å². The van der Waals surface area contributed by atoms with Crippen LogP contribution in [0.25, 0.3) is 10.9 Å². The number of ether oxygens (including phenoxy) is 1. The highest BCUT2D eigenvalue weighted by molar-refractivity contribution is 6.36. The molecule has 0 unspecified atom stereocenters. The molecule has 132 valence electrons. The van der Waals surface area contributed by atoms with E-state index in [2.05, 4.69) is 9.88 Å². The van der Waals surface area contributed by atoms with Gasteiger partial charge in [-0.15, -0.1) is 0 Å². The van der Waals surface area contributed by atoms with Crippen LogP contribution in [0.5, 0.6) is 0 Å². The fraction of sp³-hybridized carbons (Fsp3) is 0.421. The van der Waals surface area contributed by atoms with Crippen molar-refractivity contribution in [1.29, 1.82) is 0 Å². The van der Waals surface area contributed by atoms with Crippen molar-refractivity contribution in [3.8, 4) is 0 Å². The van der Waals surface area contributed by atoms with Crippen molar-refractivity contribution in [1.82, 2.24) is 4.98 Å². The van der Waals surface area contributed by atoms with Gasteiger partial charge in [0.15, 0.2) is 5.78 Å². The molecule has 0 atom stereocenters. The first kappa shape index (κ1) is 17.7. The van der Waals surface area contributed by atoms with E-state index < -0.39 is 0 Å². The fourth-order valence-electron chi connectivity index (χ4n) is 3.46. The Kier molecular flexibility index (Phi) is 5.23. The minimum atomic E-state index is -0.165. The first-order valence-electron chi connectivity index (χ1n) is 8.41. The smallest absolute Gasteiger partial charge is 0.305 e. The number of halogens is 1. The number of hydrogen-bond acceptors (Lipinski definition) is 5. The van der Waals surface area contributed by atoms with Crippen LogP contribution in [0.15, 0.2) is 24.4 Å². The fourth-order valence-corrected chi connectivity index (χ4v) is 3.72. The number of nitrogens with zero attached hydrogens (tertiary/aromatic N) is 2. The summed E-state index contributed by atoms with van der Waals surface area (Å²) in [6.07, 6.45) is 3.92. The van der Waals surface area contributed by atoms with Crippen LogP contribution in [0.3, 0.4) is 0 Å². The van der Waals surface area contributed by atoms with Gasteiger partial charge in [0.05, 0.1) is 23.3 Å². The number of carbonyl (C=O) groups is 2. The number of anilines is 1. The van der Waals surface area contributed by atoms with Crippen LogP contribution < -0.4 is 4.90 Å². The standard InChI is InChI=1S/C19H21ClN2O3/c1-12(23)15-11-16(20)14-4-3-7-21-18(14)19(15)22-8-5-13(6-9-22)10-17(24)25-2/h3-4,7,11,13H,5-6,8-10H2,1-2H3. The highest BCUT2D eigenvalue weighted by Crippen LogP contribution is 2.37. The Morgan fingerprint density at radius 1 is 1.36 bits per heavy atom. The highest BCUT2D eigenvalue weighted by atomic mass is 35.5. The number of aromatic nitrogens is 1. The zero-order chi connectivity index (χ0) is 18.0. The van der Waals surface area contributed by atoms with Crippen molar-refractivity contribution in [2.45, 2.75) is 26.2 Å². The molecule has 0 aliphatic carbocycles. The summed E-state index contributed by atoms with van der Waals surface area (Å²) in [5, 5.41) is 1.39. The quantitative estimate of drug-likeness (QED) is 0.612. The normalized spacial score (nSPS) is 15.4. The van der Waals surface area contributed by atoms with E-state index in [9.17, 15) is 9.59 Å². The van der Waals surface area contributed by atoms with Gasteiger partial charge in [0.25, 0.3) is 0 Å². The number of rotatable bonds is 4.